The van der Waals surface area contributed by atoms with Crippen LogP contribution in [0.4, 0.5) is 27.6 Å². The molecule has 0 N–H and O–H groups in total. The van der Waals surface area contributed by atoms with Crippen LogP contribution in [0.3, 0.4) is 0 Å². The van der Waals surface area contributed by atoms with Gasteiger partial charge in [0, 0.05) is 31.2 Å². The maximum Gasteiger partial charge on any atom is 0.573 e. The lowest BCUT2D eigenvalue weighted by Gasteiger charge is -2.43. The summed E-state index contributed by atoms with van der Waals surface area (Å²) < 4.78 is 68.6. The minimum Gasteiger partial charge on any atom is -0.406 e. The molecule has 0 amide bonds. The summed E-state index contributed by atoms with van der Waals surface area (Å²) in [6.45, 7) is 1.99. The van der Waals surface area contributed by atoms with Gasteiger partial charge in [0.2, 0.25) is 0 Å². The van der Waals surface area contributed by atoms with Crippen molar-refractivity contribution in [3.63, 3.8) is 0 Å². The number of hydrogen-bond donors (Lipinski definition) is 0. The molecule has 1 fully saturated rings. The van der Waals surface area contributed by atoms with Crippen LogP contribution in [-0.2, 0) is 6.54 Å². The van der Waals surface area contributed by atoms with E-state index >= 15 is 0 Å². The molecule has 3 aromatic rings. The second-order valence-corrected chi connectivity index (χ2v) is 8.75. The van der Waals surface area contributed by atoms with Crippen LogP contribution < -0.4 is 9.64 Å². The number of halogens is 7. The van der Waals surface area contributed by atoms with E-state index in [9.17, 15) is 22.0 Å². The first-order valence-electron chi connectivity index (χ1n) is 10.3. The van der Waals surface area contributed by atoms with E-state index in [0.29, 0.717) is 41.8 Å². The van der Waals surface area contributed by atoms with Crippen molar-refractivity contribution in [2.75, 3.05) is 24.5 Å². The van der Waals surface area contributed by atoms with Gasteiger partial charge in [-0.1, -0.05) is 41.4 Å². The van der Waals surface area contributed by atoms with Crippen molar-refractivity contribution in [2.45, 2.75) is 18.9 Å². The van der Waals surface area contributed by atoms with Crippen LogP contribution in [0.2, 0.25) is 10.0 Å². The fourth-order valence-corrected chi connectivity index (χ4v) is 4.58. The van der Waals surface area contributed by atoms with Crippen LogP contribution in [0.5, 0.6) is 5.75 Å². The van der Waals surface area contributed by atoms with E-state index in [-0.39, 0.29) is 11.8 Å². The van der Waals surface area contributed by atoms with Gasteiger partial charge in [-0.2, -0.15) is 0 Å². The average molecular weight is 517 g/mol. The molecule has 1 saturated heterocycles. The molecular weight excluding hydrogens is 498 g/mol. The third-order valence-corrected chi connectivity index (χ3v) is 6.11. The van der Waals surface area contributed by atoms with Crippen molar-refractivity contribution < 1.29 is 26.7 Å². The summed E-state index contributed by atoms with van der Waals surface area (Å²) in [6, 6.07) is 14.3. The zero-order valence-electron chi connectivity index (χ0n) is 17.6. The van der Waals surface area contributed by atoms with E-state index in [4.69, 9.17) is 23.2 Å². The van der Waals surface area contributed by atoms with Crippen molar-refractivity contribution in [3.05, 3.63) is 93.5 Å². The van der Waals surface area contributed by atoms with E-state index < -0.39 is 18.0 Å². The smallest absolute Gasteiger partial charge is 0.406 e. The fraction of sp³-hybridized carbons (Fsp3) is 0.250. The van der Waals surface area contributed by atoms with Crippen LogP contribution in [-0.4, -0.2) is 30.9 Å². The highest BCUT2D eigenvalue weighted by Crippen LogP contribution is 2.37. The highest BCUT2D eigenvalue weighted by atomic mass is 35.5. The summed E-state index contributed by atoms with van der Waals surface area (Å²) in [5, 5.41) is 0.930. The minimum atomic E-state index is -4.78. The van der Waals surface area contributed by atoms with Gasteiger partial charge in [-0.05, 0) is 53.6 Å². The number of benzene rings is 3. The molecule has 34 heavy (non-hydrogen) atoms. The molecular formula is C24H19Cl2F5N2O. The fourth-order valence-electron chi connectivity index (χ4n) is 4.06. The molecule has 180 valence electrons. The molecule has 0 radical (unpaired) electrons. The highest BCUT2D eigenvalue weighted by molar-refractivity contribution is 6.36. The molecule has 1 aliphatic rings. The van der Waals surface area contributed by atoms with Crippen molar-refractivity contribution in [1.82, 2.24) is 4.90 Å². The number of piperazine rings is 1. The molecule has 4 rings (SSSR count). The minimum absolute atomic E-state index is 0.280. The van der Waals surface area contributed by atoms with E-state index in [1.807, 2.05) is 0 Å². The van der Waals surface area contributed by atoms with E-state index in [1.54, 1.807) is 30.3 Å². The zero-order chi connectivity index (χ0) is 24.5. The monoisotopic (exact) mass is 516 g/mol. The molecule has 0 aromatic heterocycles. The number of anilines is 1. The van der Waals surface area contributed by atoms with Crippen LogP contribution in [0.15, 0.2) is 60.7 Å². The first kappa shape index (κ1) is 24.6. The first-order valence-corrected chi connectivity index (χ1v) is 11.1. The summed E-state index contributed by atoms with van der Waals surface area (Å²) in [5.74, 6) is -2.15. The number of ether oxygens (including phenoxy) is 1. The van der Waals surface area contributed by atoms with Gasteiger partial charge < -0.3 is 9.64 Å². The second-order valence-electron chi connectivity index (χ2n) is 7.91. The summed E-state index contributed by atoms with van der Waals surface area (Å²) >= 11 is 12.5. The Morgan fingerprint density at radius 2 is 1.62 bits per heavy atom. The predicted molar refractivity (Wildman–Crippen MR) is 121 cm³/mol. The molecule has 3 aromatic carbocycles. The third kappa shape index (κ3) is 5.92. The van der Waals surface area contributed by atoms with Gasteiger partial charge in [-0.15, -0.1) is 13.2 Å². The van der Waals surface area contributed by atoms with Crippen molar-refractivity contribution in [1.29, 1.82) is 0 Å². The Kier molecular flexibility index (Phi) is 7.21. The third-order valence-electron chi connectivity index (χ3n) is 5.57. The van der Waals surface area contributed by atoms with Crippen LogP contribution >= 0.6 is 23.2 Å². The largest absolute Gasteiger partial charge is 0.573 e. The first-order chi connectivity index (χ1) is 16.1. The van der Waals surface area contributed by atoms with Crippen LogP contribution in [0.1, 0.15) is 17.2 Å². The van der Waals surface area contributed by atoms with Crippen LogP contribution in [0, 0.1) is 11.6 Å². The lowest BCUT2D eigenvalue weighted by Crippen LogP contribution is -2.48. The highest BCUT2D eigenvalue weighted by Gasteiger charge is 2.32. The van der Waals surface area contributed by atoms with Gasteiger partial charge in [-0.3, -0.25) is 4.90 Å². The normalized spacial score (nSPS) is 17.1. The van der Waals surface area contributed by atoms with Gasteiger partial charge in [0.25, 0.3) is 0 Å². The van der Waals surface area contributed by atoms with Gasteiger partial charge in [0.15, 0.2) is 11.6 Å². The summed E-state index contributed by atoms with van der Waals surface area (Å²) in [7, 11) is 0. The predicted octanol–water partition coefficient (Wildman–Crippen LogP) is 7.23. The lowest BCUT2D eigenvalue weighted by atomic mass is 10.0. The number of hydrogen-bond acceptors (Lipinski definition) is 3. The molecule has 0 bridgehead atoms. The van der Waals surface area contributed by atoms with Gasteiger partial charge in [0.1, 0.15) is 5.75 Å². The van der Waals surface area contributed by atoms with E-state index in [1.165, 1.54) is 18.2 Å². The Hall–Kier alpha value is -2.55. The quantitative estimate of drug-likeness (QED) is 0.332. The molecule has 1 heterocycles. The van der Waals surface area contributed by atoms with Gasteiger partial charge in [0.05, 0.1) is 16.8 Å². The SMILES string of the molecule is Fc1ccc(CN2CCN(c3ccc(Cl)cc3Cl)C(c3ccc(OC(F)(F)F)cc3)C2)cc1F. The maximum absolute atomic E-state index is 13.7. The number of alkyl halides is 3. The summed E-state index contributed by atoms with van der Waals surface area (Å²) in [6.07, 6.45) is -4.78. The molecule has 10 heteroatoms. The number of nitrogens with zero attached hydrogens (tertiary/aromatic N) is 2. The molecule has 1 unspecified atom stereocenters. The van der Waals surface area contributed by atoms with E-state index in [0.717, 1.165) is 23.4 Å². The van der Waals surface area contributed by atoms with Crippen LogP contribution in [0.25, 0.3) is 0 Å². The molecule has 0 spiro atoms. The molecule has 0 saturated carbocycles. The van der Waals surface area contributed by atoms with E-state index in [2.05, 4.69) is 14.5 Å². The number of rotatable bonds is 5. The Bertz CT molecular complexity index is 1160. The Labute approximate surface area is 203 Å². The van der Waals surface area contributed by atoms with Crippen molar-refractivity contribution in [3.8, 4) is 5.75 Å². The lowest BCUT2D eigenvalue weighted by molar-refractivity contribution is -0.274. The topological polar surface area (TPSA) is 15.7 Å². The van der Waals surface area contributed by atoms with Crippen molar-refractivity contribution >= 4 is 28.9 Å². The van der Waals surface area contributed by atoms with Crippen molar-refractivity contribution in [2.24, 2.45) is 0 Å². The Morgan fingerprint density at radius 1 is 0.882 bits per heavy atom. The summed E-state index contributed by atoms with van der Waals surface area (Å²) in [5.41, 5.74) is 2.10. The standard InChI is InChI=1S/C24H19Cl2F5N2O/c25-17-4-8-22(19(26)12-17)33-10-9-32(13-15-1-7-20(27)21(28)11-15)14-23(33)16-2-5-18(6-3-16)34-24(29,30)31/h1-8,11-12,23H,9-10,13-14H2. The second kappa shape index (κ2) is 9.98. The molecule has 0 aliphatic carbocycles. The Morgan fingerprint density at radius 3 is 2.26 bits per heavy atom. The molecule has 1 atom stereocenters. The molecule has 1 aliphatic heterocycles. The van der Waals surface area contributed by atoms with Gasteiger partial charge >= 0.3 is 6.36 Å². The maximum atomic E-state index is 13.7. The molecule has 3 nitrogen and oxygen atoms in total. The zero-order valence-corrected chi connectivity index (χ0v) is 19.1. The van der Waals surface area contributed by atoms with Gasteiger partial charge in [-0.25, -0.2) is 8.78 Å². The average Bonchev–Trinajstić information content (AvgIpc) is 2.76. The summed E-state index contributed by atoms with van der Waals surface area (Å²) in [4.78, 5) is 4.12. The Balaban J connectivity index is 1.61.